The zero-order valence-electron chi connectivity index (χ0n) is 10.2. The molecule has 2 rings (SSSR count). The number of amides is 2. The summed E-state index contributed by atoms with van der Waals surface area (Å²) in [6.45, 7) is 0.457. The Balaban J connectivity index is 2.37. The van der Waals surface area contributed by atoms with E-state index in [1.165, 1.54) is 9.80 Å². The first-order chi connectivity index (χ1) is 8.41. The van der Waals surface area contributed by atoms with Crippen LogP contribution in [0.25, 0.3) is 0 Å². The first kappa shape index (κ1) is 12.7. The van der Waals surface area contributed by atoms with Gasteiger partial charge in [-0.15, -0.1) is 0 Å². The molecular weight excluding hydrogens is 254 g/mol. The Bertz CT molecular complexity index is 528. The molecule has 0 atom stereocenters. The molecule has 0 aliphatic carbocycles. The summed E-state index contributed by atoms with van der Waals surface area (Å²) in [5, 5.41) is 0.461. The summed E-state index contributed by atoms with van der Waals surface area (Å²) in [4.78, 5) is 26.4. The van der Waals surface area contributed by atoms with E-state index in [0.29, 0.717) is 29.4 Å². The van der Waals surface area contributed by atoms with Gasteiger partial charge in [0.1, 0.15) is 0 Å². The minimum atomic E-state index is -0.555. The molecule has 1 aliphatic rings. The number of halogens is 1. The second-order valence-corrected chi connectivity index (χ2v) is 4.84. The van der Waals surface area contributed by atoms with Crippen LogP contribution in [0.15, 0.2) is 12.1 Å². The number of hydrogen-bond donors (Lipinski definition) is 1. The summed E-state index contributed by atoms with van der Waals surface area (Å²) in [5.41, 5.74) is 7.93. The highest BCUT2D eigenvalue weighted by Crippen LogP contribution is 2.35. The van der Waals surface area contributed by atoms with Gasteiger partial charge in [0, 0.05) is 36.9 Å². The normalized spacial score (nSPS) is 13.4. The number of carbonyl (C=O) groups excluding carboxylic acids is 2. The highest BCUT2D eigenvalue weighted by molar-refractivity contribution is 6.40. The van der Waals surface area contributed by atoms with E-state index in [1.807, 2.05) is 0 Å². The van der Waals surface area contributed by atoms with E-state index in [9.17, 15) is 9.59 Å². The molecule has 0 bridgehead atoms. The molecule has 0 unspecified atom stereocenters. The predicted octanol–water partition coefficient (Wildman–Crippen LogP) is 0.899. The predicted molar refractivity (Wildman–Crippen MR) is 70.6 cm³/mol. The number of hydrogen-bond acceptors (Lipinski definition) is 3. The molecule has 1 aromatic carbocycles. The second kappa shape index (κ2) is 4.49. The number of carbonyl (C=O) groups is 2. The molecule has 5 nitrogen and oxygen atoms in total. The Morgan fingerprint density at radius 3 is 2.67 bits per heavy atom. The molecule has 1 aromatic rings. The lowest BCUT2D eigenvalue weighted by atomic mass is 10.1. The molecule has 0 fully saturated rings. The average molecular weight is 268 g/mol. The fourth-order valence-electron chi connectivity index (χ4n) is 2.02. The number of rotatable bonds is 0. The lowest BCUT2D eigenvalue weighted by molar-refractivity contribution is -0.142. The van der Waals surface area contributed by atoms with E-state index >= 15 is 0 Å². The first-order valence-electron chi connectivity index (χ1n) is 5.53. The molecule has 2 N–H and O–H groups in total. The van der Waals surface area contributed by atoms with Crippen molar-refractivity contribution in [3.63, 3.8) is 0 Å². The van der Waals surface area contributed by atoms with E-state index in [2.05, 4.69) is 0 Å². The van der Waals surface area contributed by atoms with Gasteiger partial charge in [-0.3, -0.25) is 9.59 Å². The van der Waals surface area contributed by atoms with Gasteiger partial charge >= 0.3 is 11.8 Å². The van der Waals surface area contributed by atoms with Crippen LogP contribution < -0.4 is 10.6 Å². The smallest absolute Gasteiger partial charge is 0.316 e. The fraction of sp³-hybridized carbons (Fsp3) is 0.333. The van der Waals surface area contributed by atoms with E-state index in [0.717, 1.165) is 5.56 Å². The van der Waals surface area contributed by atoms with Crippen molar-refractivity contribution >= 4 is 34.8 Å². The van der Waals surface area contributed by atoms with Crippen LogP contribution in [-0.4, -0.2) is 37.4 Å². The maximum absolute atomic E-state index is 12.0. The zero-order chi connectivity index (χ0) is 13.4. The van der Waals surface area contributed by atoms with Crippen LogP contribution >= 0.6 is 11.6 Å². The topological polar surface area (TPSA) is 66.6 Å². The molecule has 0 saturated heterocycles. The van der Waals surface area contributed by atoms with Crippen molar-refractivity contribution in [1.82, 2.24) is 4.90 Å². The minimum Gasteiger partial charge on any atom is -0.398 e. The van der Waals surface area contributed by atoms with Crippen LogP contribution in [0, 0.1) is 0 Å². The Morgan fingerprint density at radius 2 is 2.06 bits per heavy atom. The van der Waals surface area contributed by atoms with Crippen molar-refractivity contribution in [2.45, 2.75) is 6.42 Å². The largest absolute Gasteiger partial charge is 0.398 e. The number of likely N-dealkylation sites (N-methyl/N-ethyl adjacent to an activating group) is 1. The van der Waals surface area contributed by atoms with Gasteiger partial charge in [-0.25, -0.2) is 0 Å². The summed E-state index contributed by atoms with van der Waals surface area (Å²) < 4.78 is 0. The monoisotopic (exact) mass is 267 g/mol. The van der Waals surface area contributed by atoms with Crippen molar-refractivity contribution in [3.8, 4) is 0 Å². The van der Waals surface area contributed by atoms with Gasteiger partial charge < -0.3 is 15.5 Å². The Labute approximate surface area is 110 Å². The molecule has 1 aliphatic heterocycles. The molecule has 18 heavy (non-hydrogen) atoms. The number of nitrogen functional groups attached to an aromatic ring is 1. The van der Waals surface area contributed by atoms with Crippen molar-refractivity contribution in [3.05, 3.63) is 22.7 Å². The highest BCUT2D eigenvalue weighted by atomic mass is 35.5. The third-order valence-corrected chi connectivity index (χ3v) is 3.15. The zero-order valence-corrected chi connectivity index (χ0v) is 11.0. The van der Waals surface area contributed by atoms with Gasteiger partial charge in [-0.2, -0.15) is 0 Å². The summed E-state index contributed by atoms with van der Waals surface area (Å²) in [5.74, 6) is -1.11. The number of anilines is 2. The van der Waals surface area contributed by atoms with E-state index in [-0.39, 0.29) is 0 Å². The van der Waals surface area contributed by atoms with E-state index in [1.54, 1.807) is 26.2 Å². The molecule has 6 heteroatoms. The van der Waals surface area contributed by atoms with E-state index < -0.39 is 11.8 Å². The second-order valence-electron chi connectivity index (χ2n) is 4.40. The van der Waals surface area contributed by atoms with Gasteiger partial charge in [-0.05, 0) is 18.6 Å². The lowest BCUT2D eigenvalue weighted by Gasteiger charge is -2.19. The Hall–Kier alpha value is -1.75. The number of benzene rings is 1. The third-order valence-electron chi connectivity index (χ3n) is 2.94. The van der Waals surface area contributed by atoms with Crippen molar-refractivity contribution < 1.29 is 9.59 Å². The summed E-state index contributed by atoms with van der Waals surface area (Å²) in [6.07, 6.45) is 0.644. The number of nitrogens with zero attached hydrogens (tertiary/aromatic N) is 2. The summed E-state index contributed by atoms with van der Waals surface area (Å²) in [6, 6.07) is 3.32. The van der Waals surface area contributed by atoms with Crippen molar-refractivity contribution in [2.75, 3.05) is 31.3 Å². The molecule has 0 radical (unpaired) electrons. The standard InChI is InChI=1S/C12H14ClN3O2/c1-15(2)11(17)12(18)16-4-3-8-9(14)5-7(13)6-10(8)16/h5-6H,3-4,14H2,1-2H3. The molecule has 96 valence electrons. The van der Waals surface area contributed by atoms with Crippen LogP contribution in [-0.2, 0) is 16.0 Å². The third kappa shape index (κ3) is 2.01. The molecule has 0 spiro atoms. The summed E-state index contributed by atoms with van der Waals surface area (Å²) in [7, 11) is 3.09. The SMILES string of the molecule is CN(C)C(=O)C(=O)N1CCc2c(N)cc(Cl)cc21. The van der Waals surface area contributed by atoms with E-state index in [4.69, 9.17) is 17.3 Å². The molecule has 0 aromatic heterocycles. The Morgan fingerprint density at radius 1 is 1.39 bits per heavy atom. The average Bonchev–Trinajstić information content (AvgIpc) is 2.70. The summed E-state index contributed by atoms with van der Waals surface area (Å²) >= 11 is 5.93. The van der Waals surface area contributed by atoms with Crippen LogP contribution in [0.1, 0.15) is 5.56 Å². The highest BCUT2D eigenvalue weighted by Gasteiger charge is 2.31. The van der Waals surface area contributed by atoms with Crippen LogP contribution in [0.4, 0.5) is 11.4 Å². The molecule has 1 heterocycles. The van der Waals surface area contributed by atoms with Crippen molar-refractivity contribution in [2.24, 2.45) is 0 Å². The molecule has 0 saturated carbocycles. The van der Waals surface area contributed by atoms with Crippen molar-refractivity contribution in [1.29, 1.82) is 0 Å². The van der Waals surface area contributed by atoms with Gasteiger partial charge in [0.05, 0.1) is 5.69 Å². The van der Waals surface area contributed by atoms with Crippen LogP contribution in [0.5, 0.6) is 0 Å². The quantitative estimate of drug-likeness (QED) is 0.561. The van der Waals surface area contributed by atoms with Crippen LogP contribution in [0.2, 0.25) is 5.02 Å². The fourth-order valence-corrected chi connectivity index (χ4v) is 2.24. The first-order valence-corrected chi connectivity index (χ1v) is 5.90. The minimum absolute atomic E-state index is 0.457. The number of nitrogens with two attached hydrogens (primary N) is 1. The number of fused-ring (bicyclic) bond motifs is 1. The van der Waals surface area contributed by atoms with Gasteiger partial charge in [-0.1, -0.05) is 11.6 Å². The maximum atomic E-state index is 12.0. The maximum Gasteiger partial charge on any atom is 0.316 e. The van der Waals surface area contributed by atoms with Crippen LogP contribution in [0.3, 0.4) is 0 Å². The van der Waals surface area contributed by atoms with Gasteiger partial charge in [0.15, 0.2) is 0 Å². The lowest BCUT2D eigenvalue weighted by Crippen LogP contribution is -2.41. The molecular formula is C12H14ClN3O2. The van der Waals surface area contributed by atoms with Gasteiger partial charge in [0.25, 0.3) is 0 Å². The Kier molecular flexibility index (Phi) is 3.17. The van der Waals surface area contributed by atoms with Gasteiger partial charge in [0.2, 0.25) is 0 Å². The molecule has 2 amide bonds.